The maximum Gasteiger partial charge on any atom is 0.242 e. The number of nitrogens with zero attached hydrogens (tertiary/aromatic N) is 3. The van der Waals surface area contributed by atoms with Gasteiger partial charge in [0.05, 0.1) is 18.1 Å². The molecule has 0 aliphatic carbocycles. The molecule has 1 unspecified atom stereocenters. The first-order valence-electron chi connectivity index (χ1n) is 9.56. The monoisotopic (exact) mass is 363 g/mol. The van der Waals surface area contributed by atoms with E-state index in [-0.39, 0.29) is 5.91 Å². The molecule has 1 fully saturated rings. The quantitative estimate of drug-likeness (QED) is 0.701. The number of methoxy groups -OCH3 is 1. The molecule has 1 aliphatic rings. The maximum atomic E-state index is 13.1. The predicted octanol–water partition coefficient (Wildman–Crippen LogP) is 4.11. The lowest BCUT2D eigenvalue weighted by atomic mass is 10.0. The summed E-state index contributed by atoms with van der Waals surface area (Å²) in [6.45, 7) is 3.30. The second-order valence-corrected chi connectivity index (χ2v) is 7.17. The molecule has 0 bridgehead atoms. The van der Waals surface area contributed by atoms with Crippen molar-refractivity contribution in [3.8, 4) is 17.1 Å². The first kappa shape index (κ1) is 17.6. The van der Waals surface area contributed by atoms with E-state index in [1.54, 1.807) is 7.11 Å². The van der Waals surface area contributed by atoms with Gasteiger partial charge in [-0.15, -0.1) is 0 Å². The minimum absolute atomic E-state index is 0.162. The zero-order valence-electron chi connectivity index (χ0n) is 15.9. The van der Waals surface area contributed by atoms with Gasteiger partial charge in [0.25, 0.3) is 0 Å². The predicted molar refractivity (Wildman–Crippen MR) is 107 cm³/mol. The van der Waals surface area contributed by atoms with Crippen LogP contribution >= 0.6 is 0 Å². The molecule has 0 N–H and O–H groups in total. The standard InChI is InChI=1S/C22H25N3O2/c1-16-8-5-6-13-24(16)21(26)15-25-20-12-4-3-11-19(20)23-22(25)17-9-7-10-18(14-17)27-2/h3-4,7,9-12,14,16H,5-6,8,13,15H2,1-2H3. The fourth-order valence-electron chi connectivity index (χ4n) is 3.91. The maximum absolute atomic E-state index is 13.1. The first-order valence-corrected chi connectivity index (χ1v) is 9.56. The fourth-order valence-corrected chi connectivity index (χ4v) is 3.91. The summed E-state index contributed by atoms with van der Waals surface area (Å²) >= 11 is 0. The highest BCUT2D eigenvalue weighted by Crippen LogP contribution is 2.28. The number of hydrogen-bond acceptors (Lipinski definition) is 3. The Bertz CT molecular complexity index is 963. The molecular formula is C22H25N3O2. The molecule has 2 aromatic carbocycles. The van der Waals surface area contributed by atoms with Gasteiger partial charge in [0, 0.05) is 18.2 Å². The molecule has 1 atom stereocenters. The molecule has 0 spiro atoms. The van der Waals surface area contributed by atoms with Crippen LogP contribution in [0.1, 0.15) is 26.2 Å². The van der Waals surface area contributed by atoms with Crippen molar-refractivity contribution in [2.75, 3.05) is 13.7 Å². The zero-order valence-corrected chi connectivity index (χ0v) is 15.9. The molecule has 5 heteroatoms. The fraction of sp³-hybridized carbons (Fsp3) is 0.364. The van der Waals surface area contributed by atoms with Crippen molar-refractivity contribution >= 4 is 16.9 Å². The van der Waals surface area contributed by atoms with E-state index >= 15 is 0 Å². The highest BCUT2D eigenvalue weighted by molar-refractivity contribution is 5.84. The number of likely N-dealkylation sites (tertiary alicyclic amines) is 1. The molecule has 5 nitrogen and oxygen atoms in total. The molecule has 0 saturated carbocycles. The number of carbonyl (C=O) groups is 1. The van der Waals surface area contributed by atoms with Gasteiger partial charge in [-0.05, 0) is 50.5 Å². The zero-order chi connectivity index (χ0) is 18.8. The third kappa shape index (κ3) is 3.42. The van der Waals surface area contributed by atoms with E-state index in [9.17, 15) is 4.79 Å². The van der Waals surface area contributed by atoms with Crippen LogP contribution in [0, 0.1) is 0 Å². The highest BCUT2D eigenvalue weighted by Gasteiger charge is 2.25. The third-order valence-electron chi connectivity index (χ3n) is 5.40. The Morgan fingerprint density at radius 2 is 2.04 bits per heavy atom. The smallest absolute Gasteiger partial charge is 0.242 e. The van der Waals surface area contributed by atoms with E-state index in [0.717, 1.165) is 47.6 Å². The summed E-state index contributed by atoms with van der Waals surface area (Å²) in [5.41, 5.74) is 2.83. The number of hydrogen-bond donors (Lipinski definition) is 0. The molecule has 0 radical (unpaired) electrons. The summed E-state index contributed by atoms with van der Waals surface area (Å²) in [5.74, 6) is 1.74. The Kier molecular flexibility index (Phi) is 4.84. The van der Waals surface area contributed by atoms with Crippen molar-refractivity contribution in [2.45, 2.75) is 38.8 Å². The molecule has 1 saturated heterocycles. The van der Waals surface area contributed by atoms with E-state index in [4.69, 9.17) is 9.72 Å². The summed E-state index contributed by atoms with van der Waals surface area (Å²) in [6, 6.07) is 16.1. The Morgan fingerprint density at radius 3 is 2.85 bits per heavy atom. The lowest BCUT2D eigenvalue weighted by molar-refractivity contribution is -0.134. The van der Waals surface area contributed by atoms with Crippen LogP contribution in [0.3, 0.4) is 0 Å². The number of ether oxygens (including phenoxy) is 1. The van der Waals surface area contributed by atoms with Crippen molar-refractivity contribution < 1.29 is 9.53 Å². The number of imidazole rings is 1. The molecule has 1 aromatic heterocycles. The van der Waals surface area contributed by atoms with Gasteiger partial charge in [-0.1, -0.05) is 24.3 Å². The minimum Gasteiger partial charge on any atom is -0.497 e. The lowest BCUT2D eigenvalue weighted by Gasteiger charge is -2.33. The number of para-hydroxylation sites is 2. The molecular weight excluding hydrogens is 338 g/mol. The molecule has 1 amide bonds. The first-order chi connectivity index (χ1) is 13.2. The minimum atomic E-state index is 0.162. The number of benzene rings is 2. The molecule has 27 heavy (non-hydrogen) atoms. The Hall–Kier alpha value is -2.82. The van der Waals surface area contributed by atoms with Crippen molar-refractivity contribution in [2.24, 2.45) is 0 Å². The largest absolute Gasteiger partial charge is 0.497 e. The van der Waals surface area contributed by atoms with Crippen LogP contribution in [-0.2, 0) is 11.3 Å². The van der Waals surface area contributed by atoms with Gasteiger partial charge >= 0.3 is 0 Å². The van der Waals surface area contributed by atoms with Crippen LogP contribution in [0.25, 0.3) is 22.4 Å². The topological polar surface area (TPSA) is 47.4 Å². The second-order valence-electron chi connectivity index (χ2n) is 7.17. The van der Waals surface area contributed by atoms with Gasteiger partial charge in [-0.2, -0.15) is 0 Å². The number of aromatic nitrogens is 2. The Morgan fingerprint density at radius 1 is 1.19 bits per heavy atom. The summed E-state index contributed by atoms with van der Waals surface area (Å²) in [6.07, 6.45) is 3.37. The van der Waals surface area contributed by atoms with Gasteiger partial charge < -0.3 is 14.2 Å². The van der Waals surface area contributed by atoms with Crippen LogP contribution < -0.4 is 4.74 Å². The van der Waals surface area contributed by atoms with Crippen LogP contribution in [0.4, 0.5) is 0 Å². The number of piperidine rings is 1. The van der Waals surface area contributed by atoms with Gasteiger partial charge in [-0.25, -0.2) is 4.98 Å². The van der Waals surface area contributed by atoms with Gasteiger partial charge in [0.15, 0.2) is 0 Å². The number of carbonyl (C=O) groups excluding carboxylic acids is 1. The number of fused-ring (bicyclic) bond motifs is 1. The van der Waals surface area contributed by atoms with Crippen molar-refractivity contribution in [3.05, 3.63) is 48.5 Å². The summed E-state index contributed by atoms with van der Waals surface area (Å²) < 4.78 is 7.40. The van der Waals surface area contributed by atoms with E-state index in [1.807, 2.05) is 58.0 Å². The van der Waals surface area contributed by atoms with Crippen LogP contribution in [0.2, 0.25) is 0 Å². The van der Waals surface area contributed by atoms with E-state index in [2.05, 4.69) is 6.92 Å². The van der Waals surface area contributed by atoms with Crippen molar-refractivity contribution in [1.82, 2.24) is 14.5 Å². The van der Waals surface area contributed by atoms with E-state index in [1.165, 1.54) is 6.42 Å². The summed E-state index contributed by atoms with van der Waals surface area (Å²) in [4.78, 5) is 19.9. The van der Waals surface area contributed by atoms with E-state index < -0.39 is 0 Å². The molecule has 1 aliphatic heterocycles. The number of amides is 1. The van der Waals surface area contributed by atoms with Crippen molar-refractivity contribution in [1.29, 1.82) is 0 Å². The number of rotatable bonds is 4. The van der Waals surface area contributed by atoms with Gasteiger partial charge in [0.1, 0.15) is 18.1 Å². The molecule has 2 heterocycles. The lowest BCUT2D eigenvalue weighted by Crippen LogP contribution is -2.43. The Labute approximate surface area is 159 Å². The average Bonchev–Trinajstić information content (AvgIpc) is 3.07. The van der Waals surface area contributed by atoms with Gasteiger partial charge in [-0.3, -0.25) is 4.79 Å². The Balaban J connectivity index is 1.75. The van der Waals surface area contributed by atoms with Gasteiger partial charge in [0.2, 0.25) is 5.91 Å². The summed E-state index contributed by atoms with van der Waals surface area (Å²) in [5, 5.41) is 0. The van der Waals surface area contributed by atoms with E-state index in [0.29, 0.717) is 12.6 Å². The molecule has 140 valence electrons. The van der Waals surface area contributed by atoms with Crippen LogP contribution in [0.15, 0.2) is 48.5 Å². The normalized spacial score (nSPS) is 17.3. The third-order valence-corrected chi connectivity index (χ3v) is 5.40. The van der Waals surface area contributed by atoms with Crippen LogP contribution in [0.5, 0.6) is 5.75 Å². The highest BCUT2D eigenvalue weighted by atomic mass is 16.5. The summed E-state index contributed by atoms with van der Waals surface area (Å²) in [7, 11) is 1.66. The van der Waals surface area contributed by atoms with Crippen molar-refractivity contribution in [3.63, 3.8) is 0 Å². The van der Waals surface area contributed by atoms with Crippen LogP contribution in [-0.4, -0.2) is 40.1 Å². The SMILES string of the molecule is COc1cccc(-c2nc3ccccc3n2CC(=O)N2CCCCC2C)c1. The molecule has 3 aromatic rings. The molecule has 4 rings (SSSR count). The average molecular weight is 363 g/mol. The second kappa shape index (κ2) is 7.43.